The number of H-pyrrole nitrogens is 2. The Labute approximate surface area is 289 Å². The number of ether oxygens (including phenoxy) is 1. The molecule has 4 aromatic rings. The van der Waals surface area contributed by atoms with Crippen LogP contribution in [0.1, 0.15) is 43.0 Å². The normalized spacial score (nSPS) is 14.2. The summed E-state index contributed by atoms with van der Waals surface area (Å²) in [5, 5.41) is 34.5. The van der Waals surface area contributed by atoms with Gasteiger partial charge in [0.15, 0.2) is 11.3 Å². The fraction of sp³-hybridized carbons (Fsp3) is 0.444. The lowest BCUT2D eigenvalue weighted by atomic mass is 9.99. The van der Waals surface area contributed by atoms with E-state index in [1.165, 1.54) is 16.7 Å². The van der Waals surface area contributed by atoms with Gasteiger partial charge in [-0.1, -0.05) is 0 Å². The van der Waals surface area contributed by atoms with E-state index in [4.69, 9.17) is 24.5 Å². The first-order chi connectivity index (χ1) is 22.6. The van der Waals surface area contributed by atoms with Gasteiger partial charge in [0, 0.05) is 30.9 Å². The molecule has 6 rings (SSSR count). The number of nitrogens with two attached hydrogens (primary N) is 1. The third-order valence-electron chi connectivity index (χ3n) is 6.55. The SMILES string of the molecule is Brc1[nH]nc2ncc3c(c12)CC[NH2+]C3.CC(C)(C)OC(=O)N1CCc2c(cnc3n[nH]c(Br)c23)C1.O=C(O)C(F)(F)F.O=C([O-])C(F)(F)F. The summed E-state index contributed by atoms with van der Waals surface area (Å²) in [6.45, 7) is 8.96. The number of carboxylic acids is 2. The number of carbonyl (C=O) groups is 3. The zero-order valence-electron chi connectivity index (χ0n) is 25.7. The molecular formula is C27H28Br2F6N8O6. The molecule has 0 saturated heterocycles. The Bertz CT molecular complexity index is 1800. The lowest BCUT2D eigenvalue weighted by Gasteiger charge is -2.31. The Morgan fingerprint density at radius 1 is 0.898 bits per heavy atom. The van der Waals surface area contributed by atoms with E-state index in [1.54, 1.807) is 11.1 Å². The molecule has 14 nitrogen and oxygen atoms in total. The molecule has 5 N–H and O–H groups in total. The monoisotopic (exact) mass is 832 g/mol. The van der Waals surface area contributed by atoms with Gasteiger partial charge in [-0.2, -0.15) is 36.5 Å². The fourth-order valence-electron chi connectivity index (χ4n) is 4.50. The van der Waals surface area contributed by atoms with E-state index in [2.05, 4.69) is 67.5 Å². The summed E-state index contributed by atoms with van der Waals surface area (Å²) in [6.07, 6.45) is -4.94. The summed E-state index contributed by atoms with van der Waals surface area (Å²) in [4.78, 5) is 40.2. The number of carboxylic acid groups (broad SMARTS) is 2. The molecule has 0 aromatic carbocycles. The van der Waals surface area contributed by atoms with Crippen LogP contribution in [-0.2, 0) is 40.3 Å². The van der Waals surface area contributed by atoms with E-state index in [9.17, 15) is 31.1 Å². The molecule has 0 fully saturated rings. The number of nitrogens with zero attached hydrogens (tertiary/aromatic N) is 5. The van der Waals surface area contributed by atoms with Gasteiger partial charge in [0.2, 0.25) is 0 Å². The van der Waals surface area contributed by atoms with Crippen molar-refractivity contribution in [3.63, 3.8) is 0 Å². The summed E-state index contributed by atoms with van der Waals surface area (Å²) in [7, 11) is 0. The molecule has 0 spiro atoms. The molecule has 2 aliphatic heterocycles. The average Bonchev–Trinajstić information content (AvgIpc) is 3.58. The number of carbonyl (C=O) groups excluding carboxylic acids is 2. The molecular weight excluding hydrogens is 806 g/mol. The van der Waals surface area contributed by atoms with Crippen LogP contribution in [0.15, 0.2) is 21.6 Å². The topological polar surface area (TPSA) is 207 Å². The second-order valence-corrected chi connectivity index (χ2v) is 12.9. The number of quaternary nitrogens is 1. The number of aromatic nitrogens is 6. The van der Waals surface area contributed by atoms with Crippen LogP contribution in [0.4, 0.5) is 31.1 Å². The van der Waals surface area contributed by atoms with Crippen molar-refractivity contribution in [2.45, 2.75) is 64.7 Å². The largest absolute Gasteiger partial charge is 0.542 e. The lowest BCUT2D eigenvalue weighted by molar-refractivity contribution is -0.673. The summed E-state index contributed by atoms with van der Waals surface area (Å²) in [5.41, 5.74) is 6.02. The molecule has 1 amide bonds. The highest BCUT2D eigenvalue weighted by atomic mass is 79.9. The first-order valence-corrected chi connectivity index (χ1v) is 15.6. The van der Waals surface area contributed by atoms with Gasteiger partial charge in [-0.25, -0.2) is 19.6 Å². The smallest absolute Gasteiger partial charge is 0.490 e. The third-order valence-corrected chi connectivity index (χ3v) is 7.70. The molecule has 0 radical (unpaired) electrons. The number of hydrogen-bond donors (Lipinski definition) is 4. The van der Waals surface area contributed by atoms with Crippen LogP contribution in [0.2, 0.25) is 0 Å². The summed E-state index contributed by atoms with van der Waals surface area (Å²) >= 11 is 6.94. The van der Waals surface area contributed by atoms with E-state index in [1.807, 2.05) is 27.0 Å². The molecule has 0 bridgehead atoms. The molecule has 6 heterocycles. The zero-order valence-corrected chi connectivity index (χ0v) is 28.9. The van der Waals surface area contributed by atoms with E-state index in [0.717, 1.165) is 57.1 Å². The van der Waals surface area contributed by atoms with Crippen molar-refractivity contribution >= 4 is 72.0 Å². The highest BCUT2D eigenvalue weighted by Gasteiger charge is 2.38. The summed E-state index contributed by atoms with van der Waals surface area (Å²) in [5.74, 6) is -5.76. The number of amides is 1. The van der Waals surface area contributed by atoms with Crippen molar-refractivity contribution in [1.29, 1.82) is 0 Å². The van der Waals surface area contributed by atoms with Crippen molar-refractivity contribution in [3.8, 4) is 0 Å². The van der Waals surface area contributed by atoms with Crippen LogP contribution < -0.4 is 10.4 Å². The van der Waals surface area contributed by atoms with Gasteiger partial charge in [0.05, 0.1) is 23.9 Å². The van der Waals surface area contributed by atoms with Crippen LogP contribution in [0.3, 0.4) is 0 Å². The van der Waals surface area contributed by atoms with Crippen molar-refractivity contribution in [2.24, 2.45) is 0 Å². The predicted molar refractivity (Wildman–Crippen MR) is 162 cm³/mol. The quantitative estimate of drug-likeness (QED) is 0.190. The first kappa shape index (κ1) is 39.4. The maximum atomic E-state index is 12.2. The zero-order chi connectivity index (χ0) is 36.9. The number of aliphatic carboxylic acids is 2. The highest BCUT2D eigenvalue weighted by molar-refractivity contribution is 9.10. The number of alkyl halides is 6. The Morgan fingerprint density at radius 3 is 1.82 bits per heavy atom. The highest BCUT2D eigenvalue weighted by Crippen LogP contribution is 2.30. The van der Waals surface area contributed by atoms with Gasteiger partial charge in [-0.05, 0) is 75.7 Å². The lowest BCUT2D eigenvalue weighted by Crippen LogP contribution is -2.84. The fourth-order valence-corrected chi connectivity index (χ4v) is 5.51. The molecule has 268 valence electrons. The van der Waals surface area contributed by atoms with Gasteiger partial charge < -0.3 is 30.0 Å². The molecule has 2 aliphatic rings. The number of aromatic amines is 2. The van der Waals surface area contributed by atoms with Gasteiger partial charge >= 0.3 is 24.4 Å². The van der Waals surface area contributed by atoms with Crippen LogP contribution >= 0.6 is 31.9 Å². The number of hydrogen-bond acceptors (Lipinski definition) is 9. The Hall–Kier alpha value is -4.05. The van der Waals surface area contributed by atoms with Crippen molar-refractivity contribution in [2.75, 3.05) is 13.1 Å². The molecule has 0 atom stereocenters. The van der Waals surface area contributed by atoms with Gasteiger partial charge in [-0.15, -0.1) is 0 Å². The molecule has 0 unspecified atom stereocenters. The second-order valence-electron chi connectivity index (χ2n) is 11.3. The van der Waals surface area contributed by atoms with E-state index >= 15 is 0 Å². The van der Waals surface area contributed by atoms with Crippen LogP contribution in [0.25, 0.3) is 22.1 Å². The molecule has 4 aromatic heterocycles. The van der Waals surface area contributed by atoms with Crippen molar-refractivity contribution < 1.29 is 61.0 Å². The van der Waals surface area contributed by atoms with Crippen LogP contribution in [-0.4, -0.2) is 89.4 Å². The van der Waals surface area contributed by atoms with E-state index in [0.29, 0.717) is 18.7 Å². The van der Waals surface area contributed by atoms with Gasteiger partial charge in [0.1, 0.15) is 27.3 Å². The molecule has 0 aliphatic carbocycles. The van der Waals surface area contributed by atoms with Crippen LogP contribution in [0, 0.1) is 0 Å². The Balaban J connectivity index is 0.000000199. The second kappa shape index (κ2) is 15.7. The molecule has 49 heavy (non-hydrogen) atoms. The Morgan fingerprint density at radius 2 is 1.37 bits per heavy atom. The number of pyridine rings is 2. The number of halogens is 8. The number of fused-ring (bicyclic) bond motifs is 6. The van der Waals surface area contributed by atoms with Crippen molar-refractivity contribution in [1.82, 2.24) is 35.3 Å². The summed E-state index contributed by atoms with van der Waals surface area (Å²) in [6, 6.07) is 0. The minimum Gasteiger partial charge on any atom is -0.542 e. The Kier molecular flexibility index (Phi) is 12.6. The third kappa shape index (κ3) is 10.7. The first-order valence-electron chi connectivity index (χ1n) is 14.0. The average molecular weight is 834 g/mol. The standard InChI is InChI=1S/C14H17BrN4O2.C9H9BrN4.2C2HF3O2/c1-14(2,3)21-13(20)19-5-4-9-8(7-19)6-16-12-10(9)11(15)17-18-12;10-8-7-6-1-2-11-3-5(6)4-12-9(7)14-13-8;2*3-2(4,5)1(6)7/h6H,4-5,7H2,1-3H3,(H,16,17,18);4,11H,1-3H2,(H,12,13,14);2*(H,6,7). The maximum Gasteiger partial charge on any atom is 0.490 e. The minimum atomic E-state index is -5.19. The molecule has 22 heteroatoms. The van der Waals surface area contributed by atoms with E-state index in [-0.39, 0.29) is 6.09 Å². The van der Waals surface area contributed by atoms with Crippen LogP contribution in [0.5, 0.6) is 0 Å². The summed E-state index contributed by atoms with van der Waals surface area (Å²) < 4.78 is 70.5. The predicted octanol–water partition coefficient (Wildman–Crippen LogP) is 3.29. The van der Waals surface area contributed by atoms with Gasteiger partial charge in [0.25, 0.3) is 0 Å². The van der Waals surface area contributed by atoms with Crippen molar-refractivity contribution in [3.05, 3.63) is 43.9 Å². The van der Waals surface area contributed by atoms with E-state index < -0.39 is 29.9 Å². The maximum absolute atomic E-state index is 12.2. The van der Waals surface area contributed by atoms with Gasteiger partial charge in [-0.3, -0.25) is 10.2 Å². The number of nitrogens with one attached hydrogen (secondary N) is 2. The minimum absolute atomic E-state index is 0.278. The number of rotatable bonds is 0. The molecule has 0 saturated carbocycles.